The molecule has 1 heterocycles. The van der Waals surface area contributed by atoms with Crippen molar-refractivity contribution in [3.63, 3.8) is 0 Å². The van der Waals surface area contributed by atoms with Gasteiger partial charge in [-0.2, -0.15) is 0 Å². The molecule has 1 fully saturated rings. The van der Waals surface area contributed by atoms with Crippen LogP contribution in [0.1, 0.15) is 12.8 Å². The molecule has 1 aromatic rings. The molecule has 0 spiro atoms. The van der Waals surface area contributed by atoms with Crippen molar-refractivity contribution in [3.8, 4) is 0 Å². The minimum Gasteiger partial charge on any atom is -0.383 e. The van der Waals surface area contributed by atoms with Crippen LogP contribution in [0.5, 0.6) is 0 Å². The molecule has 0 radical (unpaired) electrons. The Bertz CT molecular complexity index is 484. The van der Waals surface area contributed by atoms with Gasteiger partial charge in [0, 0.05) is 43.8 Å². The molecular formula is C17H25FN2O2S. The number of likely N-dealkylation sites (tertiary alicyclic amines) is 1. The summed E-state index contributed by atoms with van der Waals surface area (Å²) in [5.41, 5.74) is 0. The van der Waals surface area contributed by atoms with Crippen molar-refractivity contribution in [2.45, 2.75) is 17.7 Å². The van der Waals surface area contributed by atoms with E-state index >= 15 is 0 Å². The Labute approximate surface area is 141 Å². The molecule has 4 nitrogen and oxygen atoms in total. The number of carbonyl (C=O) groups is 1. The monoisotopic (exact) mass is 340 g/mol. The average molecular weight is 340 g/mol. The molecular weight excluding hydrogens is 315 g/mol. The van der Waals surface area contributed by atoms with Crippen molar-refractivity contribution in [3.05, 3.63) is 30.1 Å². The summed E-state index contributed by atoms with van der Waals surface area (Å²) < 4.78 is 17.9. The highest BCUT2D eigenvalue weighted by Crippen LogP contribution is 2.19. The number of ether oxygens (including phenoxy) is 1. The zero-order chi connectivity index (χ0) is 16.5. The molecule has 1 aliphatic rings. The third-order valence-electron chi connectivity index (χ3n) is 3.98. The summed E-state index contributed by atoms with van der Waals surface area (Å²) in [5, 5.41) is 3.03. The fraction of sp³-hybridized carbons (Fsp3) is 0.588. The molecule has 1 atom stereocenters. The first-order chi connectivity index (χ1) is 11.2. The van der Waals surface area contributed by atoms with Crippen LogP contribution in [0.15, 0.2) is 29.2 Å². The number of thioether (sulfide) groups is 1. The number of hydrogen-bond acceptors (Lipinski definition) is 4. The van der Waals surface area contributed by atoms with Crippen LogP contribution in [-0.2, 0) is 9.53 Å². The molecule has 1 amide bonds. The highest BCUT2D eigenvalue weighted by molar-refractivity contribution is 7.99. The lowest BCUT2D eigenvalue weighted by Crippen LogP contribution is -2.31. The number of nitrogens with one attached hydrogen (secondary N) is 1. The van der Waals surface area contributed by atoms with E-state index in [4.69, 9.17) is 4.74 Å². The van der Waals surface area contributed by atoms with Gasteiger partial charge in [0.25, 0.3) is 0 Å². The summed E-state index contributed by atoms with van der Waals surface area (Å²) in [5.74, 6) is 1.11. The van der Waals surface area contributed by atoms with Gasteiger partial charge in [-0.3, -0.25) is 4.79 Å². The molecule has 1 N–H and O–H groups in total. The van der Waals surface area contributed by atoms with Crippen LogP contribution in [-0.4, -0.2) is 56.5 Å². The van der Waals surface area contributed by atoms with Crippen molar-refractivity contribution in [1.82, 2.24) is 10.2 Å². The number of carbonyl (C=O) groups excluding carboxylic acids is 1. The largest absolute Gasteiger partial charge is 0.383 e. The van der Waals surface area contributed by atoms with Gasteiger partial charge in [0.1, 0.15) is 5.82 Å². The van der Waals surface area contributed by atoms with E-state index in [2.05, 4.69) is 10.2 Å². The third kappa shape index (κ3) is 6.89. The fourth-order valence-corrected chi connectivity index (χ4v) is 3.49. The fourth-order valence-electron chi connectivity index (χ4n) is 2.64. The highest BCUT2D eigenvalue weighted by atomic mass is 32.2. The maximum Gasteiger partial charge on any atom is 0.220 e. The molecule has 128 valence electrons. The zero-order valence-electron chi connectivity index (χ0n) is 13.6. The van der Waals surface area contributed by atoms with Crippen LogP contribution in [0.2, 0.25) is 0 Å². The third-order valence-corrected chi connectivity index (χ3v) is 4.99. The topological polar surface area (TPSA) is 41.6 Å². The Morgan fingerprint density at radius 3 is 2.96 bits per heavy atom. The smallest absolute Gasteiger partial charge is 0.220 e. The quantitative estimate of drug-likeness (QED) is 0.701. The first kappa shape index (κ1) is 18.2. The number of hydrogen-bond donors (Lipinski definition) is 1. The van der Waals surface area contributed by atoms with E-state index in [-0.39, 0.29) is 11.7 Å². The van der Waals surface area contributed by atoms with Gasteiger partial charge in [-0.15, -0.1) is 11.8 Å². The van der Waals surface area contributed by atoms with Gasteiger partial charge in [0.2, 0.25) is 5.91 Å². The Morgan fingerprint density at radius 1 is 1.43 bits per heavy atom. The summed E-state index contributed by atoms with van der Waals surface area (Å²) in [6.45, 7) is 4.61. The van der Waals surface area contributed by atoms with Gasteiger partial charge in [-0.1, -0.05) is 0 Å². The van der Waals surface area contributed by atoms with Gasteiger partial charge >= 0.3 is 0 Å². The highest BCUT2D eigenvalue weighted by Gasteiger charge is 2.22. The van der Waals surface area contributed by atoms with Crippen molar-refractivity contribution in [1.29, 1.82) is 0 Å². The zero-order valence-corrected chi connectivity index (χ0v) is 14.4. The second-order valence-electron chi connectivity index (χ2n) is 5.80. The molecule has 1 aromatic carbocycles. The molecule has 0 bridgehead atoms. The van der Waals surface area contributed by atoms with Crippen LogP contribution in [0.4, 0.5) is 4.39 Å². The van der Waals surface area contributed by atoms with Crippen LogP contribution in [0, 0.1) is 11.7 Å². The van der Waals surface area contributed by atoms with Gasteiger partial charge in [-0.25, -0.2) is 4.39 Å². The number of rotatable bonds is 9. The predicted octanol–water partition coefficient (Wildman–Crippen LogP) is 2.39. The average Bonchev–Trinajstić information content (AvgIpc) is 3.01. The van der Waals surface area contributed by atoms with Crippen LogP contribution in [0.3, 0.4) is 0 Å². The van der Waals surface area contributed by atoms with E-state index in [1.807, 2.05) is 0 Å². The Hall–Kier alpha value is -1.11. The van der Waals surface area contributed by atoms with E-state index < -0.39 is 0 Å². The maximum absolute atomic E-state index is 12.8. The van der Waals surface area contributed by atoms with Crippen molar-refractivity contribution < 1.29 is 13.9 Å². The normalized spacial score (nSPS) is 18.3. The Morgan fingerprint density at radius 2 is 2.22 bits per heavy atom. The standard InChI is InChI=1S/C17H25FN2O2S/c1-22-10-9-20-8-6-14(13-20)12-19-17(21)7-11-23-16-4-2-15(18)3-5-16/h2-5,14H,6-13H2,1H3,(H,19,21). The second kappa shape index (κ2) is 9.90. The summed E-state index contributed by atoms with van der Waals surface area (Å²) in [4.78, 5) is 15.2. The van der Waals surface area contributed by atoms with Crippen LogP contribution < -0.4 is 5.32 Å². The number of nitrogens with zero attached hydrogens (tertiary/aromatic N) is 1. The molecule has 0 aliphatic carbocycles. The lowest BCUT2D eigenvalue weighted by Gasteiger charge is -2.15. The van der Waals surface area contributed by atoms with Crippen molar-refractivity contribution in [2.75, 3.05) is 45.6 Å². The second-order valence-corrected chi connectivity index (χ2v) is 6.97. The van der Waals surface area contributed by atoms with E-state index in [0.717, 1.165) is 44.1 Å². The number of benzene rings is 1. The van der Waals surface area contributed by atoms with Crippen LogP contribution in [0.25, 0.3) is 0 Å². The van der Waals surface area contributed by atoms with E-state index in [9.17, 15) is 9.18 Å². The summed E-state index contributed by atoms with van der Waals surface area (Å²) >= 11 is 1.58. The Balaban J connectivity index is 1.56. The van der Waals surface area contributed by atoms with E-state index in [0.29, 0.717) is 18.1 Å². The van der Waals surface area contributed by atoms with Gasteiger partial charge in [-0.05, 0) is 43.1 Å². The summed E-state index contributed by atoms with van der Waals surface area (Å²) in [7, 11) is 1.72. The first-order valence-corrected chi connectivity index (χ1v) is 9.02. The lowest BCUT2D eigenvalue weighted by molar-refractivity contribution is -0.120. The van der Waals surface area contributed by atoms with Crippen LogP contribution >= 0.6 is 11.8 Å². The molecule has 1 aliphatic heterocycles. The molecule has 1 unspecified atom stereocenters. The van der Waals surface area contributed by atoms with Crippen molar-refractivity contribution >= 4 is 17.7 Å². The molecule has 1 saturated heterocycles. The first-order valence-electron chi connectivity index (χ1n) is 8.03. The number of methoxy groups -OCH3 is 1. The Kier molecular flexibility index (Phi) is 7.85. The number of amides is 1. The summed E-state index contributed by atoms with van der Waals surface area (Å²) in [6.07, 6.45) is 1.62. The maximum atomic E-state index is 12.8. The molecule has 23 heavy (non-hydrogen) atoms. The molecule has 0 saturated carbocycles. The van der Waals surface area contributed by atoms with Gasteiger partial charge in [0.05, 0.1) is 6.61 Å². The van der Waals surface area contributed by atoms with E-state index in [1.54, 1.807) is 31.0 Å². The number of halogens is 1. The molecule has 0 aromatic heterocycles. The molecule has 2 rings (SSSR count). The summed E-state index contributed by atoms with van der Waals surface area (Å²) in [6, 6.07) is 6.37. The predicted molar refractivity (Wildman–Crippen MR) is 91.2 cm³/mol. The molecule has 6 heteroatoms. The SMILES string of the molecule is COCCN1CCC(CNC(=O)CCSc2ccc(F)cc2)C1. The van der Waals surface area contributed by atoms with Gasteiger partial charge < -0.3 is 15.0 Å². The minimum absolute atomic E-state index is 0.0925. The van der Waals surface area contributed by atoms with Crippen molar-refractivity contribution in [2.24, 2.45) is 5.92 Å². The minimum atomic E-state index is -0.233. The van der Waals surface area contributed by atoms with Gasteiger partial charge in [0.15, 0.2) is 0 Å². The van der Waals surface area contributed by atoms with E-state index in [1.165, 1.54) is 12.1 Å². The lowest BCUT2D eigenvalue weighted by atomic mass is 10.1.